The van der Waals surface area contributed by atoms with Crippen molar-refractivity contribution in [3.8, 4) is 17.0 Å². The van der Waals surface area contributed by atoms with Crippen LogP contribution in [0.2, 0.25) is 0 Å². The number of hydrogen-bond donors (Lipinski definition) is 1. The maximum Gasteiger partial charge on any atom is 0.211 e. The van der Waals surface area contributed by atoms with Crippen LogP contribution in [-0.2, 0) is 14.8 Å². The maximum absolute atomic E-state index is 12.1. The third-order valence-electron chi connectivity index (χ3n) is 4.56. The van der Waals surface area contributed by atoms with Crippen molar-refractivity contribution in [3.63, 3.8) is 0 Å². The minimum Gasteiger partial charge on any atom is -0.493 e. The first kappa shape index (κ1) is 19.8. The molecule has 0 aliphatic carbocycles. The van der Waals surface area contributed by atoms with Crippen LogP contribution in [0, 0.1) is 5.92 Å². The molecule has 27 heavy (non-hydrogen) atoms. The molecule has 1 fully saturated rings. The van der Waals surface area contributed by atoms with Crippen LogP contribution in [0.15, 0.2) is 48.7 Å². The molecule has 1 saturated heterocycles. The highest BCUT2D eigenvalue weighted by Crippen LogP contribution is 2.22. The fourth-order valence-corrected chi connectivity index (χ4v) is 4.56. The molecule has 1 aromatic carbocycles. The summed E-state index contributed by atoms with van der Waals surface area (Å²) in [7, 11) is -3.25. The summed E-state index contributed by atoms with van der Waals surface area (Å²) in [6.07, 6.45) is 3.03. The molecule has 1 aliphatic rings. The van der Waals surface area contributed by atoms with Crippen LogP contribution in [0.5, 0.6) is 5.75 Å². The lowest BCUT2D eigenvalue weighted by Crippen LogP contribution is -2.48. The number of ether oxygens (including phenoxy) is 2. The predicted molar refractivity (Wildman–Crippen MR) is 105 cm³/mol. The number of nitrogens with zero attached hydrogens (tertiary/aromatic N) is 1. The summed E-state index contributed by atoms with van der Waals surface area (Å²) >= 11 is 0. The Morgan fingerprint density at radius 1 is 1.22 bits per heavy atom. The van der Waals surface area contributed by atoms with Crippen LogP contribution in [-0.4, -0.2) is 45.0 Å². The summed E-state index contributed by atoms with van der Waals surface area (Å²) in [4.78, 5) is 4.33. The molecule has 2 heterocycles. The molecule has 0 amide bonds. The van der Waals surface area contributed by atoms with Crippen molar-refractivity contribution in [2.24, 2.45) is 5.92 Å². The Morgan fingerprint density at radius 2 is 2.04 bits per heavy atom. The summed E-state index contributed by atoms with van der Waals surface area (Å²) in [5.41, 5.74) is 1.93. The van der Waals surface area contributed by atoms with E-state index in [1.165, 1.54) is 0 Å². The Hall–Kier alpha value is -1.96. The molecular weight excluding hydrogens is 364 g/mol. The van der Waals surface area contributed by atoms with E-state index in [2.05, 4.69) is 9.71 Å². The zero-order valence-corrected chi connectivity index (χ0v) is 16.3. The molecule has 0 radical (unpaired) electrons. The van der Waals surface area contributed by atoms with Gasteiger partial charge in [0, 0.05) is 30.3 Å². The zero-order valence-electron chi connectivity index (χ0n) is 15.5. The standard InChI is InChI=1S/C20H26N2O4S/c1-2-13-27(23,24)22-20-10-12-25-14-17(20)15-26-18-8-6-16(7-9-18)19-5-3-4-11-21-19/h3-9,11,17,20,22H,2,10,12-15H2,1H3. The molecule has 0 saturated carbocycles. The summed E-state index contributed by atoms with van der Waals surface area (Å²) in [6, 6.07) is 13.4. The molecule has 7 heteroatoms. The van der Waals surface area contributed by atoms with Gasteiger partial charge in [-0.2, -0.15) is 0 Å². The fourth-order valence-electron chi connectivity index (χ4n) is 3.13. The Balaban J connectivity index is 1.59. The van der Waals surface area contributed by atoms with Crippen molar-refractivity contribution in [2.45, 2.75) is 25.8 Å². The number of nitrogens with one attached hydrogen (secondary N) is 1. The quantitative estimate of drug-likeness (QED) is 0.750. The van der Waals surface area contributed by atoms with E-state index in [9.17, 15) is 8.42 Å². The lowest BCUT2D eigenvalue weighted by Gasteiger charge is -2.31. The molecule has 0 spiro atoms. The largest absolute Gasteiger partial charge is 0.493 e. The third-order valence-corrected chi connectivity index (χ3v) is 6.16. The van der Waals surface area contributed by atoms with Gasteiger partial charge in [-0.1, -0.05) is 13.0 Å². The zero-order chi connectivity index (χ0) is 19.1. The monoisotopic (exact) mass is 390 g/mol. The van der Waals surface area contributed by atoms with E-state index < -0.39 is 10.0 Å². The van der Waals surface area contributed by atoms with E-state index in [0.29, 0.717) is 32.7 Å². The van der Waals surface area contributed by atoms with Crippen LogP contribution in [0.4, 0.5) is 0 Å². The lowest BCUT2D eigenvalue weighted by atomic mass is 9.98. The van der Waals surface area contributed by atoms with Crippen LogP contribution < -0.4 is 9.46 Å². The van der Waals surface area contributed by atoms with Crippen LogP contribution >= 0.6 is 0 Å². The molecular formula is C20H26N2O4S. The Labute approximate surface area is 161 Å². The molecule has 1 aromatic heterocycles. The number of aromatic nitrogens is 1. The first-order chi connectivity index (χ1) is 13.1. The number of hydrogen-bond acceptors (Lipinski definition) is 5. The van der Waals surface area contributed by atoms with E-state index in [-0.39, 0.29) is 17.7 Å². The van der Waals surface area contributed by atoms with Crippen molar-refractivity contribution in [1.82, 2.24) is 9.71 Å². The van der Waals surface area contributed by atoms with Crippen molar-refractivity contribution < 1.29 is 17.9 Å². The van der Waals surface area contributed by atoms with Gasteiger partial charge in [0.2, 0.25) is 10.0 Å². The highest BCUT2D eigenvalue weighted by molar-refractivity contribution is 7.89. The molecule has 1 aliphatic heterocycles. The van der Waals surface area contributed by atoms with Gasteiger partial charge in [0.25, 0.3) is 0 Å². The summed E-state index contributed by atoms with van der Waals surface area (Å²) in [6.45, 7) is 3.32. The Kier molecular flexibility index (Phi) is 6.82. The minimum absolute atomic E-state index is 0.0131. The van der Waals surface area contributed by atoms with Crippen LogP contribution in [0.1, 0.15) is 19.8 Å². The fraction of sp³-hybridized carbons (Fsp3) is 0.450. The third kappa shape index (κ3) is 5.76. The smallest absolute Gasteiger partial charge is 0.211 e. The minimum atomic E-state index is -3.25. The van der Waals surface area contributed by atoms with Crippen molar-refractivity contribution in [2.75, 3.05) is 25.6 Å². The van der Waals surface area contributed by atoms with E-state index in [0.717, 1.165) is 17.0 Å². The lowest BCUT2D eigenvalue weighted by molar-refractivity contribution is 0.0186. The number of rotatable bonds is 8. The second kappa shape index (κ2) is 9.30. The SMILES string of the molecule is CCCS(=O)(=O)NC1CCOCC1COc1ccc(-c2ccccn2)cc1. The molecule has 3 rings (SSSR count). The maximum atomic E-state index is 12.1. The van der Waals surface area contributed by atoms with Gasteiger partial charge in [0.05, 0.1) is 24.7 Å². The average Bonchev–Trinajstić information content (AvgIpc) is 2.68. The van der Waals surface area contributed by atoms with Gasteiger partial charge in [0.15, 0.2) is 0 Å². The van der Waals surface area contributed by atoms with Gasteiger partial charge in [-0.3, -0.25) is 4.98 Å². The normalized spacial score (nSPS) is 20.3. The number of benzene rings is 1. The van der Waals surface area contributed by atoms with Crippen molar-refractivity contribution in [3.05, 3.63) is 48.7 Å². The van der Waals surface area contributed by atoms with E-state index in [1.807, 2.05) is 49.4 Å². The van der Waals surface area contributed by atoms with Crippen molar-refractivity contribution in [1.29, 1.82) is 0 Å². The molecule has 2 aromatic rings. The average molecular weight is 391 g/mol. The van der Waals surface area contributed by atoms with E-state index in [1.54, 1.807) is 6.20 Å². The van der Waals surface area contributed by atoms with Crippen molar-refractivity contribution >= 4 is 10.0 Å². The highest BCUT2D eigenvalue weighted by atomic mass is 32.2. The topological polar surface area (TPSA) is 77.5 Å². The van der Waals surface area contributed by atoms with Crippen LogP contribution in [0.3, 0.4) is 0 Å². The molecule has 6 nitrogen and oxygen atoms in total. The molecule has 0 bridgehead atoms. The van der Waals surface area contributed by atoms with Gasteiger partial charge in [-0.15, -0.1) is 0 Å². The molecule has 2 atom stereocenters. The molecule has 2 unspecified atom stereocenters. The summed E-state index contributed by atoms with van der Waals surface area (Å²) < 4.78 is 38.4. The number of pyridine rings is 1. The Morgan fingerprint density at radius 3 is 2.74 bits per heavy atom. The van der Waals surface area contributed by atoms with Gasteiger partial charge >= 0.3 is 0 Å². The molecule has 146 valence electrons. The first-order valence-corrected chi connectivity index (χ1v) is 10.9. The van der Waals surface area contributed by atoms with E-state index >= 15 is 0 Å². The number of sulfonamides is 1. The summed E-state index contributed by atoms with van der Waals surface area (Å²) in [5.74, 6) is 0.878. The second-order valence-electron chi connectivity index (χ2n) is 6.72. The first-order valence-electron chi connectivity index (χ1n) is 9.29. The van der Waals surface area contributed by atoms with Gasteiger partial charge < -0.3 is 9.47 Å². The second-order valence-corrected chi connectivity index (χ2v) is 8.59. The molecule has 1 N–H and O–H groups in total. The highest BCUT2D eigenvalue weighted by Gasteiger charge is 2.29. The van der Waals surface area contributed by atoms with E-state index in [4.69, 9.17) is 9.47 Å². The van der Waals surface area contributed by atoms with Gasteiger partial charge in [-0.05, 0) is 49.2 Å². The van der Waals surface area contributed by atoms with Crippen LogP contribution in [0.25, 0.3) is 11.3 Å². The van der Waals surface area contributed by atoms with Gasteiger partial charge in [0.1, 0.15) is 5.75 Å². The predicted octanol–water partition coefficient (Wildman–Crippen LogP) is 2.86. The van der Waals surface area contributed by atoms with Gasteiger partial charge in [-0.25, -0.2) is 13.1 Å². The summed E-state index contributed by atoms with van der Waals surface area (Å²) in [5, 5.41) is 0. The Bertz CT molecular complexity index is 810.